The molecule has 0 saturated carbocycles. The Labute approximate surface area is 214 Å². The Hall–Kier alpha value is -4.67. The summed E-state index contributed by atoms with van der Waals surface area (Å²) in [5.74, 6) is 0. The smallest absolute Gasteiger partial charge is 0.307 e. The minimum Gasteiger partial charge on any atom is -0.422 e. The lowest BCUT2D eigenvalue weighted by atomic mass is 10.0. The number of benzene rings is 6. The first-order valence-corrected chi connectivity index (χ1v) is 13.2. The zero-order valence-electron chi connectivity index (χ0n) is 19.6. The van der Waals surface area contributed by atoms with Crippen molar-refractivity contribution in [2.75, 3.05) is 0 Å². The van der Waals surface area contributed by atoms with E-state index in [0.717, 1.165) is 27.5 Å². The Morgan fingerprint density at radius 3 is 2.22 bits per heavy atom. The second-order valence-corrected chi connectivity index (χ2v) is 10.7. The van der Waals surface area contributed by atoms with Crippen molar-refractivity contribution in [3.63, 3.8) is 0 Å². The van der Waals surface area contributed by atoms with Gasteiger partial charge in [0.2, 0.25) is 0 Å². The molecular weight excluding hydrogens is 472 g/mol. The highest BCUT2D eigenvalue weighted by molar-refractivity contribution is 7.26. The van der Waals surface area contributed by atoms with Gasteiger partial charge in [0.1, 0.15) is 5.52 Å². The summed E-state index contributed by atoms with van der Waals surface area (Å²) < 4.78 is 11.4. The topological polar surface area (TPSA) is 31.0 Å². The van der Waals surface area contributed by atoms with E-state index in [1.54, 1.807) is 11.3 Å². The average Bonchev–Trinajstić information content (AvgIpc) is 3.62. The summed E-state index contributed by atoms with van der Waals surface area (Å²) >= 11 is 1.80. The molecule has 0 aliphatic rings. The average molecular weight is 491 g/mol. The number of hydrogen-bond acceptors (Lipinski definition) is 3. The van der Waals surface area contributed by atoms with Crippen LogP contribution in [0.4, 0.5) is 0 Å². The number of aromatic nitrogens is 2. The van der Waals surface area contributed by atoms with Gasteiger partial charge in [0.25, 0.3) is 0 Å². The maximum atomic E-state index is 6.69. The van der Waals surface area contributed by atoms with Gasteiger partial charge in [-0.25, -0.2) is 0 Å². The van der Waals surface area contributed by atoms with Crippen LogP contribution in [-0.2, 0) is 0 Å². The van der Waals surface area contributed by atoms with Crippen molar-refractivity contribution < 1.29 is 4.42 Å². The molecule has 0 N–H and O–H groups in total. The monoisotopic (exact) mass is 490 g/mol. The number of fused-ring (bicyclic) bond motifs is 11. The minimum absolute atomic E-state index is 0.600. The van der Waals surface area contributed by atoms with Crippen molar-refractivity contribution in [1.29, 1.82) is 0 Å². The van der Waals surface area contributed by atoms with Crippen LogP contribution in [0.25, 0.3) is 80.6 Å². The first-order chi connectivity index (χ1) is 18.3. The van der Waals surface area contributed by atoms with Gasteiger partial charge in [-0.2, -0.15) is 4.98 Å². The molecule has 37 heavy (non-hydrogen) atoms. The fraction of sp³-hybridized carbons (Fsp3) is 0. The molecular formula is C33H18N2OS. The molecule has 0 radical (unpaired) electrons. The molecule has 9 aromatic rings. The van der Waals surface area contributed by atoms with E-state index >= 15 is 0 Å². The SMILES string of the molecule is c1ccc2cc3c(cc2c1)c1c2ccccc2ccc1n3-c1nc2ccc3sc4ccccc4c3c2o1. The predicted molar refractivity (Wildman–Crippen MR) is 156 cm³/mol. The standard InChI is InChI=1S/C33H18N2OS/c1-2-9-21-18-27-24(17-20(21)8-1)30-22-10-4-3-7-19(22)13-15-26(30)35(27)33-34-25-14-16-29-31(32(25)36-33)23-11-5-6-12-28(23)37-29/h1-18H. The molecule has 172 valence electrons. The Bertz CT molecular complexity index is 2370. The van der Waals surface area contributed by atoms with Gasteiger partial charge < -0.3 is 4.42 Å². The van der Waals surface area contributed by atoms with Gasteiger partial charge in [-0.3, -0.25) is 4.57 Å². The lowest BCUT2D eigenvalue weighted by Gasteiger charge is -2.03. The third kappa shape index (κ3) is 2.57. The van der Waals surface area contributed by atoms with Crippen LogP contribution in [0.2, 0.25) is 0 Å². The van der Waals surface area contributed by atoms with Crippen LogP contribution in [0.3, 0.4) is 0 Å². The Morgan fingerprint density at radius 1 is 0.568 bits per heavy atom. The number of rotatable bonds is 1. The Kier molecular flexibility index (Phi) is 3.67. The van der Waals surface area contributed by atoms with E-state index in [0.29, 0.717) is 6.01 Å². The van der Waals surface area contributed by atoms with Crippen molar-refractivity contribution in [1.82, 2.24) is 9.55 Å². The summed E-state index contributed by atoms with van der Waals surface area (Å²) in [5, 5.41) is 9.69. The third-order valence-electron chi connectivity index (χ3n) is 7.60. The molecule has 4 heteroatoms. The van der Waals surface area contributed by atoms with Crippen molar-refractivity contribution in [2.45, 2.75) is 0 Å². The van der Waals surface area contributed by atoms with E-state index in [1.807, 2.05) is 0 Å². The molecule has 3 aromatic heterocycles. The van der Waals surface area contributed by atoms with E-state index in [9.17, 15) is 0 Å². The summed E-state index contributed by atoms with van der Waals surface area (Å²) in [6, 6.07) is 39.5. The van der Waals surface area contributed by atoms with E-state index < -0.39 is 0 Å². The van der Waals surface area contributed by atoms with Crippen LogP contribution in [0.5, 0.6) is 0 Å². The molecule has 3 nitrogen and oxygen atoms in total. The highest BCUT2D eigenvalue weighted by Gasteiger charge is 2.21. The van der Waals surface area contributed by atoms with Crippen LogP contribution in [0.15, 0.2) is 114 Å². The first-order valence-electron chi connectivity index (χ1n) is 12.4. The molecule has 3 heterocycles. The van der Waals surface area contributed by atoms with Gasteiger partial charge in [-0.15, -0.1) is 11.3 Å². The van der Waals surface area contributed by atoms with Crippen molar-refractivity contribution in [3.05, 3.63) is 109 Å². The van der Waals surface area contributed by atoms with Crippen molar-refractivity contribution in [3.8, 4) is 6.01 Å². The van der Waals surface area contributed by atoms with Crippen LogP contribution >= 0.6 is 11.3 Å². The van der Waals surface area contributed by atoms with Gasteiger partial charge in [0.15, 0.2) is 5.58 Å². The molecule has 0 fully saturated rings. The van der Waals surface area contributed by atoms with Gasteiger partial charge in [-0.05, 0) is 57.9 Å². The molecule has 6 aromatic carbocycles. The second kappa shape index (κ2) is 6.96. The van der Waals surface area contributed by atoms with Crippen LogP contribution in [0.1, 0.15) is 0 Å². The first kappa shape index (κ1) is 19.5. The fourth-order valence-electron chi connectivity index (χ4n) is 5.96. The summed E-state index contributed by atoms with van der Waals surface area (Å²) in [6.07, 6.45) is 0. The second-order valence-electron chi connectivity index (χ2n) is 9.61. The quantitative estimate of drug-likeness (QED) is 0.229. The van der Waals surface area contributed by atoms with E-state index in [4.69, 9.17) is 9.40 Å². The highest BCUT2D eigenvalue weighted by Crippen LogP contribution is 2.42. The molecule has 0 spiro atoms. The third-order valence-corrected chi connectivity index (χ3v) is 8.73. The number of nitrogens with zero attached hydrogens (tertiary/aromatic N) is 2. The number of thiophene rings is 1. The van der Waals surface area contributed by atoms with E-state index in [1.165, 1.54) is 47.1 Å². The predicted octanol–water partition coefficient (Wildman–Crippen LogP) is 9.60. The molecule has 0 unspecified atom stereocenters. The van der Waals surface area contributed by atoms with Crippen LogP contribution < -0.4 is 0 Å². The van der Waals surface area contributed by atoms with Crippen molar-refractivity contribution >= 4 is 86.0 Å². The lowest BCUT2D eigenvalue weighted by Crippen LogP contribution is -1.93. The van der Waals surface area contributed by atoms with Crippen LogP contribution in [-0.4, -0.2) is 9.55 Å². The van der Waals surface area contributed by atoms with E-state index in [2.05, 4.69) is 114 Å². The molecule has 0 amide bonds. The summed E-state index contributed by atoms with van der Waals surface area (Å²) in [6.45, 7) is 0. The molecule has 0 saturated heterocycles. The number of oxazole rings is 1. The maximum Gasteiger partial charge on any atom is 0.307 e. The van der Waals surface area contributed by atoms with Gasteiger partial charge in [0, 0.05) is 30.9 Å². The summed E-state index contributed by atoms with van der Waals surface area (Å²) in [7, 11) is 0. The van der Waals surface area contributed by atoms with Crippen molar-refractivity contribution in [2.24, 2.45) is 0 Å². The lowest BCUT2D eigenvalue weighted by molar-refractivity contribution is 0.577. The largest absolute Gasteiger partial charge is 0.422 e. The zero-order chi connectivity index (χ0) is 24.1. The fourth-order valence-corrected chi connectivity index (χ4v) is 7.06. The molecule has 9 rings (SSSR count). The maximum absolute atomic E-state index is 6.69. The molecule has 0 atom stereocenters. The zero-order valence-corrected chi connectivity index (χ0v) is 20.4. The number of hydrogen-bond donors (Lipinski definition) is 0. The highest BCUT2D eigenvalue weighted by atomic mass is 32.1. The molecule has 0 aliphatic carbocycles. The normalized spacial score (nSPS) is 12.3. The van der Waals surface area contributed by atoms with Gasteiger partial charge in [-0.1, -0.05) is 72.8 Å². The van der Waals surface area contributed by atoms with Gasteiger partial charge in [0.05, 0.1) is 11.0 Å². The van der Waals surface area contributed by atoms with Gasteiger partial charge >= 0.3 is 6.01 Å². The summed E-state index contributed by atoms with van der Waals surface area (Å²) in [4.78, 5) is 5.05. The van der Waals surface area contributed by atoms with E-state index in [-0.39, 0.29) is 0 Å². The minimum atomic E-state index is 0.600. The Morgan fingerprint density at radius 2 is 1.32 bits per heavy atom. The Balaban J connectivity index is 1.46. The molecule has 0 aliphatic heterocycles. The summed E-state index contributed by atoms with van der Waals surface area (Å²) in [5.41, 5.74) is 3.93. The molecule has 0 bridgehead atoms. The van der Waals surface area contributed by atoms with Crippen LogP contribution in [0, 0.1) is 0 Å².